The van der Waals surface area contributed by atoms with Gasteiger partial charge in [-0.05, 0) is 55.6 Å². The van der Waals surface area contributed by atoms with Gasteiger partial charge in [0.05, 0.1) is 7.11 Å². The first-order valence-electron chi connectivity index (χ1n) is 7.23. The molecule has 0 heterocycles. The van der Waals surface area contributed by atoms with Crippen LogP contribution in [0.5, 0.6) is 5.75 Å². The Morgan fingerprint density at radius 1 is 1.19 bits per heavy atom. The zero-order valence-corrected chi connectivity index (χ0v) is 12.8. The number of nitrogens with one attached hydrogen (secondary N) is 1. The highest BCUT2D eigenvalue weighted by molar-refractivity contribution is 5.32. The molecule has 0 amide bonds. The summed E-state index contributed by atoms with van der Waals surface area (Å²) in [5.41, 5.74) is 3.70. The van der Waals surface area contributed by atoms with E-state index in [0.29, 0.717) is 5.75 Å². The molecule has 112 valence electrons. The Bertz CT molecular complexity index is 598. The molecule has 0 spiro atoms. The van der Waals surface area contributed by atoms with Crippen LogP contribution in [0.1, 0.15) is 29.7 Å². The molecule has 0 saturated heterocycles. The molecule has 0 fully saturated rings. The number of rotatable bonds is 6. The quantitative estimate of drug-likeness (QED) is 0.866. The molecule has 0 aromatic heterocycles. The van der Waals surface area contributed by atoms with Crippen LogP contribution in [0, 0.1) is 12.7 Å². The maximum atomic E-state index is 13.4. The summed E-state index contributed by atoms with van der Waals surface area (Å²) in [7, 11) is 1.48. The van der Waals surface area contributed by atoms with Crippen molar-refractivity contribution in [1.29, 1.82) is 0 Å². The molecule has 3 heteroatoms. The molecule has 0 aliphatic carbocycles. The highest BCUT2D eigenvalue weighted by Crippen LogP contribution is 2.22. The van der Waals surface area contributed by atoms with E-state index in [1.54, 1.807) is 12.1 Å². The minimum Gasteiger partial charge on any atom is -0.494 e. The van der Waals surface area contributed by atoms with Gasteiger partial charge in [0.2, 0.25) is 0 Å². The molecule has 0 saturated carbocycles. The topological polar surface area (TPSA) is 21.3 Å². The van der Waals surface area contributed by atoms with E-state index in [4.69, 9.17) is 4.74 Å². The van der Waals surface area contributed by atoms with Gasteiger partial charge >= 0.3 is 0 Å². The number of benzene rings is 2. The molecule has 0 aliphatic heterocycles. The molecule has 2 nitrogen and oxygen atoms in total. The average molecular weight is 287 g/mol. The fourth-order valence-electron chi connectivity index (χ4n) is 2.38. The summed E-state index contributed by atoms with van der Waals surface area (Å²) in [6.07, 6.45) is 0.981. The van der Waals surface area contributed by atoms with Crippen molar-refractivity contribution in [3.8, 4) is 5.75 Å². The molecular weight excluding hydrogens is 265 g/mol. The summed E-state index contributed by atoms with van der Waals surface area (Å²) < 4.78 is 18.4. The fourth-order valence-corrected chi connectivity index (χ4v) is 2.38. The van der Waals surface area contributed by atoms with Crippen LogP contribution in [0.4, 0.5) is 4.39 Å². The van der Waals surface area contributed by atoms with Crippen molar-refractivity contribution in [3.05, 3.63) is 65.0 Å². The highest BCUT2D eigenvalue weighted by atomic mass is 19.1. The van der Waals surface area contributed by atoms with Crippen molar-refractivity contribution in [1.82, 2.24) is 5.32 Å². The third kappa shape index (κ3) is 4.05. The van der Waals surface area contributed by atoms with Gasteiger partial charge in [-0.3, -0.25) is 0 Å². The van der Waals surface area contributed by atoms with Crippen LogP contribution in [-0.2, 0) is 6.42 Å². The first-order chi connectivity index (χ1) is 10.1. The molecule has 1 unspecified atom stereocenters. The lowest BCUT2D eigenvalue weighted by molar-refractivity contribution is 0.385. The molecule has 2 aromatic rings. The fraction of sp³-hybridized carbons (Fsp3) is 0.333. The third-order valence-electron chi connectivity index (χ3n) is 3.78. The molecule has 0 aliphatic rings. The minimum absolute atomic E-state index is 0.156. The Hall–Kier alpha value is -1.87. The lowest BCUT2D eigenvalue weighted by Crippen LogP contribution is -2.21. The van der Waals surface area contributed by atoms with Crippen molar-refractivity contribution in [2.24, 2.45) is 0 Å². The van der Waals surface area contributed by atoms with E-state index in [1.807, 2.05) is 0 Å². The molecule has 2 aromatic carbocycles. The van der Waals surface area contributed by atoms with E-state index in [2.05, 4.69) is 43.4 Å². The second-order valence-corrected chi connectivity index (χ2v) is 5.25. The Morgan fingerprint density at radius 3 is 2.67 bits per heavy atom. The summed E-state index contributed by atoms with van der Waals surface area (Å²) in [5.74, 6) is -0.0339. The van der Waals surface area contributed by atoms with Crippen LogP contribution in [-0.4, -0.2) is 13.7 Å². The van der Waals surface area contributed by atoms with Gasteiger partial charge in [-0.25, -0.2) is 4.39 Å². The van der Waals surface area contributed by atoms with Crippen LogP contribution in [0.15, 0.2) is 42.5 Å². The van der Waals surface area contributed by atoms with Crippen molar-refractivity contribution in [2.75, 3.05) is 13.7 Å². The Morgan fingerprint density at radius 2 is 1.95 bits per heavy atom. The molecular formula is C18H22FNO. The predicted octanol–water partition coefficient (Wildman–Crippen LogP) is 4.04. The van der Waals surface area contributed by atoms with Gasteiger partial charge in [-0.1, -0.05) is 30.3 Å². The van der Waals surface area contributed by atoms with Gasteiger partial charge in [0, 0.05) is 6.04 Å². The average Bonchev–Trinajstić information content (AvgIpc) is 2.49. The summed E-state index contributed by atoms with van der Waals surface area (Å²) in [5, 5.41) is 3.47. The van der Waals surface area contributed by atoms with Crippen molar-refractivity contribution >= 4 is 0 Å². The monoisotopic (exact) mass is 287 g/mol. The van der Waals surface area contributed by atoms with Crippen molar-refractivity contribution in [3.63, 3.8) is 0 Å². The third-order valence-corrected chi connectivity index (χ3v) is 3.78. The minimum atomic E-state index is -0.326. The lowest BCUT2D eigenvalue weighted by atomic mass is 10.0. The second-order valence-electron chi connectivity index (χ2n) is 5.25. The van der Waals surface area contributed by atoms with Crippen LogP contribution < -0.4 is 10.1 Å². The SMILES string of the molecule is COc1cc(C(C)NCCc2ccccc2C)ccc1F. The molecule has 2 rings (SSSR count). The number of methoxy groups -OCH3 is 1. The maximum Gasteiger partial charge on any atom is 0.165 e. The summed E-state index contributed by atoms with van der Waals surface area (Å²) in [6.45, 7) is 5.08. The normalized spacial score (nSPS) is 12.2. The second kappa shape index (κ2) is 7.23. The first-order valence-corrected chi connectivity index (χ1v) is 7.23. The van der Waals surface area contributed by atoms with Crippen LogP contribution >= 0.6 is 0 Å². The van der Waals surface area contributed by atoms with E-state index in [-0.39, 0.29) is 11.9 Å². The van der Waals surface area contributed by atoms with E-state index in [0.717, 1.165) is 18.5 Å². The molecule has 1 N–H and O–H groups in total. The summed E-state index contributed by atoms with van der Waals surface area (Å²) >= 11 is 0. The first kappa shape index (κ1) is 15.5. The Kier molecular flexibility index (Phi) is 5.34. The number of ether oxygens (including phenoxy) is 1. The van der Waals surface area contributed by atoms with Gasteiger partial charge in [0.25, 0.3) is 0 Å². The van der Waals surface area contributed by atoms with E-state index >= 15 is 0 Å². The molecule has 0 radical (unpaired) electrons. The highest BCUT2D eigenvalue weighted by Gasteiger charge is 2.09. The smallest absolute Gasteiger partial charge is 0.165 e. The van der Waals surface area contributed by atoms with E-state index in [1.165, 1.54) is 24.3 Å². The Balaban J connectivity index is 1.93. The van der Waals surface area contributed by atoms with Gasteiger partial charge < -0.3 is 10.1 Å². The predicted molar refractivity (Wildman–Crippen MR) is 84.3 cm³/mol. The van der Waals surface area contributed by atoms with Crippen LogP contribution in [0.25, 0.3) is 0 Å². The molecule has 21 heavy (non-hydrogen) atoms. The Labute approximate surface area is 126 Å². The number of hydrogen-bond acceptors (Lipinski definition) is 2. The standard InChI is InChI=1S/C18H22FNO/c1-13-6-4-5-7-15(13)10-11-20-14(2)16-8-9-17(19)18(12-16)21-3/h4-9,12,14,20H,10-11H2,1-3H3. The van der Waals surface area contributed by atoms with Gasteiger partial charge in [-0.15, -0.1) is 0 Å². The summed E-state index contributed by atoms with van der Waals surface area (Å²) in [4.78, 5) is 0. The van der Waals surface area contributed by atoms with Crippen LogP contribution in [0.2, 0.25) is 0 Å². The van der Waals surface area contributed by atoms with Crippen LogP contribution in [0.3, 0.4) is 0 Å². The molecule has 1 atom stereocenters. The zero-order valence-electron chi connectivity index (χ0n) is 12.8. The van der Waals surface area contributed by atoms with Gasteiger partial charge in [-0.2, -0.15) is 0 Å². The van der Waals surface area contributed by atoms with Gasteiger partial charge in [0.15, 0.2) is 11.6 Å². The number of aryl methyl sites for hydroxylation is 1. The van der Waals surface area contributed by atoms with Crippen molar-refractivity contribution in [2.45, 2.75) is 26.3 Å². The molecule has 0 bridgehead atoms. The largest absolute Gasteiger partial charge is 0.494 e. The maximum absolute atomic E-state index is 13.4. The lowest BCUT2D eigenvalue weighted by Gasteiger charge is -2.16. The zero-order chi connectivity index (χ0) is 15.2. The number of hydrogen-bond donors (Lipinski definition) is 1. The summed E-state index contributed by atoms with van der Waals surface area (Å²) in [6, 6.07) is 13.6. The van der Waals surface area contributed by atoms with E-state index in [9.17, 15) is 4.39 Å². The van der Waals surface area contributed by atoms with Gasteiger partial charge in [0.1, 0.15) is 0 Å². The van der Waals surface area contributed by atoms with E-state index < -0.39 is 0 Å². The number of halogens is 1. The van der Waals surface area contributed by atoms with Crippen molar-refractivity contribution < 1.29 is 9.13 Å².